The first kappa shape index (κ1) is 12.0. The van der Waals surface area contributed by atoms with Crippen molar-refractivity contribution in [3.8, 4) is 0 Å². The molecule has 4 heteroatoms. The summed E-state index contributed by atoms with van der Waals surface area (Å²) in [6.45, 7) is 6.96. The lowest BCUT2D eigenvalue weighted by molar-refractivity contribution is 0.0949. The number of nitrogens with zero attached hydrogens (tertiary/aromatic N) is 2. The molecule has 0 radical (unpaired) electrons. The van der Waals surface area contributed by atoms with E-state index in [-0.39, 0.29) is 11.3 Å². The predicted molar refractivity (Wildman–Crippen MR) is 76.3 cm³/mol. The van der Waals surface area contributed by atoms with Gasteiger partial charge < -0.3 is 4.57 Å². The quantitative estimate of drug-likeness (QED) is 0.773. The van der Waals surface area contributed by atoms with Crippen LogP contribution < -0.4 is 5.43 Å². The summed E-state index contributed by atoms with van der Waals surface area (Å²) in [5, 5.41) is 5.35. The van der Waals surface area contributed by atoms with E-state index >= 15 is 0 Å². The maximum atomic E-state index is 12.1. The molecule has 1 aromatic heterocycles. The van der Waals surface area contributed by atoms with Gasteiger partial charge in [0.2, 0.25) is 0 Å². The predicted octanol–water partition coefficient (Wildman–Crippen LogP) is 2.79. The zero-order valence-electron chi connectivity index (χ0n) is 11.4. The normalized spacial score (nSPS) is 15.7. The molecule has 1 aromatic carbocycles. The molecule has 1 N–H and O–H groups in total. The summed E-state index contributed by atoms with van der Waals surface area (Å²) in [7, 11) is 0. The number of hydrazone groups is 1. The lowest BCUT2D eigenvalue weighted by Crippen LogP contribution is -2.26. The van der Waals surface area contributed by atoms with Crippen molar-refractivity contribution in [3.63, 3.8) is 0 Å². The highest BCUT2D eigenvalue weighted by Gasteiger charge is 2.26. The molecule has 1 aliphatic rings. The minimum atomic E-state index is -0.143. The van der Waals surface area contributed by atoms with Crippen molar-refractivity contribution in [1.82, 2.24) is 9.99 Å². The van der Waals surface area contributed by atoms with Gasteiger partial charge in [0.1, 0.15) is 5.69 Å². The molecule has 19 heavy (non-hydrogen) atoms. The topological polar surface area (TPSA) is 46.4 Å². The fourth-order valence-corrected chi connectivity index (χ4v) is 2.33. The zero-order valence-corrected chi connectivity index (χ0v) is 11.4. The molecule has 3 rings (SSSR count). The number of fused-ring (bicyclic) bond motifs is 3. The Labute approximate surface area is 112 Å². The fraction of sp³-hybridized carbons (Fsp3) is 0.333. The molecule has 4 nitrogen and oxygen atoms in total. The molecule has 1 amide bonds. The largest absolute Gasteiger partial charge is 0.331 e. The molecule has 2 aromatic rings. The van der Waals surface area contributed by atoms with Gasteiger partial charge in [0, 0.05) is 16.3 Å². The molecule has 0 saturated carbocycles. The van der Waals surface area contributed by atoms with E-state index in [0.29, 0.717) is 12.2 Å². The number of rotatable bonds is 0. The van der Waals surface area contributed by atoms with Crippen LogP contribution in [-0.4, -0.2) is 16.2 Å². The molecule has 0 atom stereocenters. The molecule has 0 unspecified atom stereocenters. The summed E-state index contributed by atoms with van der Waals surface area (Å²) < 4.78 is 2.04. The van der Waals surface area contributed by atoms with Gasteiger partial charge >= 0.3 is 0 Å². The highest BCUT2D eigenvalue weighted by atomic mass is 16.2. The maximum absolute atomic E-state index is 12.1. The standard InChI is InChI=1S/C15H17N3O/c1-15(2,3)13-9-18-11-7-5-4-6-10(11)8-12(18)14(19)17-16-13/h4-8H,9H2,1-3H3,(H,17,19). The van der Waals surface area contributed by atoms with E-state index in [0.717, 1.165) is 16.6 Å². The Balaban J connectivity index is 2.20. The third-order valence-corrected chi connectivity index (χ3v) is 3.51. The smallest absolute Gasteiger partial charge is 0.288 e. The lowest BCUT2D eigenvalue weighted by atomic mass is 9.90. The van der Waals surface area contributed by atoms with Crippen LogP contribution in [0.2, 0.25) is 0 Å². The van der Waals surface area contributed by atoms with E-state index in [1.54, 1.807) is 0 Å². The second-order valence-electron chi connectivity index (χ2n) is 5.92. The van der Waals surface area contributed by atoms with Crippen LogP contribution in [0.4, 0.5) is 0 Å². The van der Waals surface area contributed by atoms with Crippen molar-refractivity contribution in [1.29, 1.82) is 0 Å². The molecule has 2 heterocycles. The Bertz CT molecular complexity index is 689. The number of aromatic nitrogens is 1. The highest BCUT2D eigenvalue weighted by molar-refractivity contribution is 6.02. The minimum Gasteiger partial charge on any atom is -0.331 e. The Morgan fingerprint density at radius 1 is 1.26 bits per heavy atom. The van der Waals surface area contributed by atoms with Crippen molar-refractivity contribution in [3.05, 3.63) is 36.0 Å². The number of para-hydroxylation sites is 1. The van der Waals surface area contributed by atoms with Crippen molar-refractivity contribution >= 4 is 22.5 Å². The first-order valence-electron chi connectivity index (χ1n) is 6.42. The van der Waals surface area contributed by atoms with Crippen LogP contribution in [0.1, 0.15) is 31.3 Å². The van der Waals surface area contributed by atoms with Gasteiger partial charge in [0.05, 0.1) is 12.3 Å². The van der Waals surface area contributed by atoms with Gasteiger partial charge in [-0.3, -0.25) is 4.79 Å². The molecular formula is C15H17N3O. The third-order valence-electron chi connectivity index (χ3n) is 3.51. The second kappa shape index (κ2) is 3.95. The van der Waals surface area contributed by atoms with Crippen LogP contribution in [0.3, 0.4) is 0 Å². The monoisotopic (exact) mass is 255 g/mol. The molecule has 0 spiro atoms. The summed E-state index contributed by atoms with van der Waals surface area (Å²) >= 11 is 0. The molecule has 0 saturated heterocycles. The van der Waals surface area contributed by atoms with Crippen molar-refractivity contribution in [2.75, 3.05) is 0 Å². The maximum Gasteiger partial charge on any atom is 0.288 e. The average molecular weight is 255 g/mol. The molecule has 0 fully saturated rings. The Kier molecular flexibility index (Phi) is 2.49. The van der Waals surface area contributed by atoms with E-state index in [1.165, 1.54) is 0 Å². The Hall–Kier alpha value is -2.10. The molecular weight excluding hydrogens is 238 g/mol. The van der Waals surface area contributed by atoms with Gasteiger partial charge in [-0.05, 0) is 12.1 Å². The van der Waals surface area contributed by atoms with Crippen molar-refractivity contribution in [2.45, 2.75) is 27.3 Å². The number of benzene rings is 1. The molecule has 0 bridgehead atoms. The van der Waals surface area contributed by atoms with Crippen LogP contribution in [0.25, 0.3) is 10.9 Å². The van der Waals surface area contributed by atoms with Crippen LogP contribution in [0.5, 0.6) is 0 Å². The number of hydrogen-bond acceptors (Lipinski definition) is 2. The number of nitrogens with one attached hydrogen (secondary N) is 1. The van der Waals surface area contributed by atoms with Gasteiger partial charge in [-0.1, -0.05) is 39.0 Å². The Morgan fingerprint density at radius 2 is 2.00 bits per heavy atom. The van der Waals surface area contributed by atoms with Crippen LogP contribution >= 0.6 is 0 Å². The van der Waals surface area contributed by atoms with E-state index in [2.05, 4.69) is 31.3 Å². The number of carbonyl (C=O) groups excluding carboxylic acids is 1. The van der Waals surface area contributed by atoms with Gasteiger partial charge in [-0.2, -0.15) is 5.10 Å². The van der Waals surface area contributed by atoms with Crippen LogP contribution in [-0.2, 0) is 6.54 Å². The first-order valence-corrected chi connectivity index (χ1v) is 6.42. The SMILES string of the molecule is CC(C)(C)C1=NNC(=O)c2cc3ccccc3n2C1. The summed E-state index contributed by atoms with van der Waals surface area (Å²) in [5.41, 5.74) is 5.30. The number of carbonyl (C=O) groups is 1. The van der Waals surface area contributed by atoms with E-state index in [9.17, 15) is 4.79 Å². The van der Waals surface area contributed by atoms with Gasteiger partial charge in [-0.15, -0.1) is 0 Å². The van der Waals surface area contributed by atoms with E-state index in [1.807, 2.05) is 34.9 Å². The fourth-order valence-electron chi connectivity index (χ4n) is 2.33. The number of hydrogen-bond donors (Lipinski definition) is 1. The van der Waals surface area contributed by atoms with Gasteiger partial charge in [0.25, 0.3) is 5.91 Å². The van der Waals surface area contributed by atoms with Crippen molar-refractivity contribution in [2.24, 2.45) is 10.5 Å². The first-order chi connectivity index (χ1) is 8.97. The highest BCUT2D eigenvalue weighted by Crippen LogP contribution is 2.25. The van der Waals surface area contributed by atoms with Gasteiger partial charge in [-0.25, -0.2) is 5.43 Å². The van der Waals surface area contributed by atoms with E-state index in [4.69, 9.17) is 0 Å². The molecule has 1 aliphatic heterocycles. The third kappa shape index (κ3) is 1.93. The summed E-state index contributed by atoms with van der Waals surface area (Å²) in [6, 6.07) is 9.97. The van der Waals surface area contributed by atoms with Crippen LogP contribution in [0.15, 0.2) is 35.4 Å². The minimum absolute atomic E-state index is 0.0692. The van der Waals surface area contributed by atoms with Crippen LogP contribution in [0, 0.1) is 5.41 Å². The molecule has 0 aliphatic carbocycles. The average Bonchev–Trinajstić information content (AvgIpc) is 2.63. The lowest BCUT2D eigenvalue weighted by Gasteiger charge is -2.21. The van der Waals surface area contributed by atoms with E-state index < -0.39 is 0 Å². The second-order valence-corrected chi connectivity index (χ2v) is 5.92. The number of amides is 1. The molecule has 98 valence electrons. The van der Waals surface area contributed by atoms with Crippen molar-refractivity contribution < 1.29 is 4.79 Å². The summed E-state index contributed by atoms with van der Waals surface area (Å²) in [5.74, 6) is -0.143. The summed E-state index contributed by atoms with van der Waals surface area (Å²) in [6.07, 6.45) is 0. The zero-order chi connectivity index (χ0) is 13.6. The van der Waals surface area contributed by atoms with Gasteiger partial charge in [0.15, 0.2) is 0 Å². The summed E-state index contributed by atoms with van der Waals surface area (Å²) in [4.78, 5) is 12.1. The Morgan fingerprint density at radius 3 is 2.74 bits per heavy atom.